The number of hydrogen-bond donors (Lipinski definition) is 3. The van der Waals surface area contributed by atoms with Crippen LogP contribution in [0.5, 0.6) is 5.75 Å². The first-order valence-electron chi connectivity index (χ1n) is 9.11. The number of rotatable bonds is 7. The van der Waals surface area contributed by atoms with E-state index in [4.69, 9.17) is 11.6 Å². The summed E-state index contributed by atoms with van der Waals surface area (Å²) in [4.78, 5) is 24.4. The molecule has 0 bridgehead atoms. The minimum Gasteiger partial charge on any atom is -0.508 e. The highest BCUT2D eigenvalue weighted by atomic mass is 35.5. The van der Waals surface area contributed by atoms with Gasteiger partial charge < -0.3 is 15.7 Å². The second-order valence-electron chi connectivity index (χ2n) is 6.45. The molecule has 0 saturated heterocycles. The fraction of sp³-hybridized carbons (Fsp3) is 0.190. The third-order valence-corrected chi connectivity index (χ3v) is 4.58. The van der Waals surface area contributed by atoms with E-state index >= 15 is 0 Å². The maximum atomic E-state index is 12.4. The monoisotopic (exact) mass is 412 g/mol. The molecule has 150 valence electrons. The van der Waals surface area contributed by atoms with Crippen molar-refractivity contribution in [2.75, 3.05) is 13.1 Å². The van der Waals surface area contributed by atoms with E-state index < -0.39 is 0 Å². The van der Waals surface area contributed by atoms with Gasteiger partial charge >= 0.3 is 0 Å². The number of carbonyl (C=O) groups is 2. The number of benzene rings is 2. The van der Waals surface area contributed by atoms with Crippen LogP contribution in [-0.4, -0.2) is 39.8 Å². The van der Waals surface area contributed by atoms with Crippen molar-refractivity contribution in [2.24, 2.45) is 0 Å². The van der Waals surface area contributed by atoms with Gasteiger partial charge in [-0.2, -0.15) is 5.10 Å². The van der Waals surface area contributed by atoms with Crippen molar-refractivity contribution in [1.29, 1.82) is 0 Å². The summed E-state index contributed by atoms with van der Waals surface area (Å²) >= 11 is 6.02. The molecule has 0 fully saturated rings. The molecule has 1 heterocycles. The van der Waals surface area contributed by atoms with Crippen LogP contribution in [0.3, 0.4) is 0 Å². The molecule has 0 atom stereocenters. The molecular formula is C21H21ClN4O3. The number of phenols is 1. The quantitative estimate of drug-likeness (QED) is 0.519. The van der Waals surface area contributed by atoms with E-state index in [9.17, 15) is 14.7 Å². The number of nitrogens with zero attached hydrogens (tertiary/aromatic N) is 2. The Morgan fingerprint density at radius 2 is 1.79 bits per heavy atom. The topological polar surface area (TPSA) is 96.2 Å². The van der Waals surface area contributed by atoms with Crippen LogP contribution >= 0.6 is 11.6 Å². The normalized spacial score (nSPS) is 10.6. The van der Waals surface area contributed by atoms with Gasteiger partial charge in [0.15, 0.2) is 0 Å². The zero-order chi connectivity index (χ0) is 20.8. The molecule has 0 aliphatic carbocycles. The van der Waals surface area contributed by atoms with Gasteiger partial charge in [-0.3, -0.25) is 9.59 Å². The van der Waals surface area contributed by atoms with Crippen molar-refractivity contribution >= 4 is 23.4 Å². The van der Waals surface area contributed by atoms with E-state index in [0.29, 0.717) is 41.4 Å². The maximum absolute atomic E-state index is 12.4. The van der Waals surface area contributed by atoms with Crippen molar-refractivity contribution in [2.45, 2.75) is 13.3 Å². The van der Waals surface area contributed by atoms with Crippen LogP contribution in [0.4, 0.5) is 0 Å². The largest absolute Gasteiger partial charge is 0.508 e. The zero-order valence-electron chi connectivity index (χ0n) is 15.9. The lowest BCUT2D eigenvalue weighted by atomic mass is 10.2. The summed E-state index contributed by atoms with van der Waals surface area (Å²) in [6.45, 7) is 2.62. The van der Waals surface area contributed by atoms with Crippen molar-refractivity contribution in [1.82, 2.24) is 20.4 Å². The minimum atomic E-state index is -0.272. The Balaban J connectivity index is 1.48. The molecule has 0 aliphatic heterocycles. The van der Waals surface area contributed by atoms with E-state index in [1.54, 1.807) is 28.9 Å². The number of aromatic hydroxyl groups is 1. The molecule has 3 aromatic rings. The molecule has 7 nitrogen and oxygen atoms in total. The predicted octanol–water partition coefficient (Wildman–Crippen LogP) is 3.09. The fourth-order valence-corrected chi connectivity index (χ4v) is 3.02. The molecule has 0 unspecified atom stereocenters. The third kappa shape index (κ3) is 5.14. The van der Waals surface area contributed by atoms with E-state index in [1.165, 1.54) is 18.3 Å². The minimum absolute atomic E-state index is 0.0404. The highest BCUT2D eigenvalue weighted by Gasteiger charge is 2.15. The first-order chi connectivity index (χ1) is 14.0. The van der Waals surface area contributed by atoms with Crippen LogP contribution in [-0.2, 0) is 0 Å². The van der Waals surface area contributed by atoms with Gasteiger partial charge in [-0.05, 0) is 49.7 Å². The Hall–Kier alpha value is -3.32. The van der Waals surface area contributed by atoms with Gasteiger partial charge in [0.25, 0.3) is 11.8 Å². The molecule has 0 aliphatic rings. The van der Waals surface area contributed by atoms with Crippen LogP contribution in [0.1, 0.15) is 32.8 Å². The van der Waals surface area contributed by atoms with Gasteiger partial charge in [0.05, 0.1) is 23.1 Å². The second kappa shape index (κ2) is 9.25. The molecule has 1 aromatic heterocycles. The standard InChI is InChI=1S/C21H21ClN4O3/c1-14-19(13-25-26(14)17-7-3-6-16(22)12-17)21(29)24-10-4-9-23-20(28)15-5-2-8-18(27)11-15/h2-3,5-8,11-13,27H,4,9-10H2,1H3,(H,23,28)(H,24,29). The van der Waals surface area contributed by atoms with E-state index in [0.717, 1.165) is 5.69 Å². The van der Waals surface area contributed by atoms with Gasteiger partial charge in [0.1, 0.15) is 5.75 Å². The SMILES string of the molecule is Cc1c(C(=O)NCCCNC(=O)c2cccc(O)c2)cnn1-c1cccc(Cl)c1. The Morgan fingerprint density at radius 3 is 2.52 bits per heavy atom. The molecule has 29 heavy (non-hydrogen) atoms. The summed E-state index contributed by atoms with van der Waals surface area (Å²) in [6, 6.07) is 13.4. The average Bonchev–Trinajstić information content (AvgIpc) is 3.09. The number of phenolic OH excluding ortho intramolecular Hbond substituents is 1. The fourth-order valence-electron chi connectivity index (χ4n) is 2.84. The lowest BCUT2D eigenvalue weighted by molar-refractivity contribution is 0.0951. The van der Waals surface area contributed by atoms with Crippen LogP contribution < -0.4 is 10.6 Å². The van der Waals surface area contributed by atoms with Crippen molar-refractivity contribution in [3.8, 4) is 11.4 Å². The molecule has 8 heteroatoms. The first kappa shape index (κ1) is 20.4. The number of halogens is 1. The summed E-state index contributed by atoms with van der Waals surface area (Å²) in [6.07, 6.45) is 2.09. The average molecular weight is 413 g/mol. The maximum Gasteiger partial charge on any atom is 0.254 e. The molecule has 2 aromatic carbocycles. The Labute approximate surface area is 173 Å². The molecule has 3 N–H and O–H groups in total. The molecular weight excluding hydrogens is 392 g/mol. The van der Waals surface area contributed by atoms with E-state index in [2.05, 4.69) is 15.7 Å². The van der Waals surface area contributed by atoms with Gasteiger partial charge in [-0.15, -0.1) is 0 Å². The number of amides is 2. The smallest absolute Gasteiger partial charge is 0.254 e. The van der Waals surface area contributed by atoms with Crippen LogP contribution in [0.25, 0.3) is 5.69 Å². The van der Waals surface area contributed by atoms with Crippen LogP contribution in [0.2, 0.25) is 5.02 Å². The lowest BCUT2D eigenvalue weighted by Crippen LogP contribution is -2.30. The number of carbonyl (C=O) groups excluding carboxylic acids is 2. The number of hydrogen-bond acceptors (Lipinski definition) is 4. The first-order valence-corrected chi connectivity index (χ1v) is 9.49. The van der Waals surface area contributed by atoms with Gasteiger partial charge in [-0.25, -0.2) is 4.68 Å². The van der Waals surface area contributed by atoms with Crippen molar-refractivity contribution in [3.05, 3.63) is 76.6 Å². The molecule has 0 saturated carbocycles. The molecule has 3 rings (SSSR count). The van der Waals surface area contributed by atoms with Gasteiger partial charge in [0.2, 0.25) is 0 Å². The highest BCUT2D eigenvalue weighted by Crippen LogP contribution is 2.18. The Morgan fingerprint density at radius 1 is 1.07 bits per heavy atom. The van der Waals surface area contributed by atoms with Gasteiger partial charge in [0, 0.05) is 23.7 Å². The molecule has 0 radical (unpaired) electrons. The second-order valence-corrected chi connectivity index (χ2v) is 6.89. The summed E-state index contributed by atoms with van der Waals surface area (Å²) < 4.78 is 1.66. The summed E-state index contributed by atoms with van der Waals surface area (Å²) in [5, 5.41) is 19.9. The van der Waals surface area contributed by atoms with Crippen molar-refractivity contribution in [3.63, 3.8) is 0 Å². The Bertz CT molecular complexity index is 1030. The van der Waals surface area contributed by atoms with E-state index in [-0.39, 0.29) is 17.6 Å². The number of nitrogens with one attached hydrogen (secondary N) is 2. The summed E-state index contributed by atoms with van der Waals surface area (Å²) in [5.74, 6) is -0.459. The zero-order valence-corrected chi connectivity index (χ0v) is 16.6. The van der Waals surface area contributed by atoms with Crippen molar-refractivity contribution < 1.29 is 14.7 Å². The summed E-state index contributed by atoms with van der Waals surface area (Å²) in [7, 11) is 0. The van der Waals surface area contributed by atoms with Gasteiger partial charge in [-0.1, -0.05) is 23.7 Å². The number of aromatic nitrogens is 2. The Kier molecular flexibility index (Phi) is 6.51. The highest BCUT2D eigenvalue weighted by molar-refractivity contribution is 6.30. The van der Waals surface area contributed by atoms with E-state index in [1.807, 2.05) is 19.1 Å². The predicted molar refractivity (Wildman–Crippen MR) is 111 cm³/mol. The van der Waals surface area contributed by atoms with Crippen LogP contribution in [0, 0.1) is 6.92 Å². The van der Waals surface area contributed by atoms with Crippen LogP contribution in [0.15, 0.2) is 54.7 Å². The molecule has 2 amide bonds. The lowest BCUT2D eigenvalue weighted by Gasteiger charge is -2.08. The summed E-state index contributed by atoms with van der Waals surface area (Å²) in [5.41, 5.74) is 2.36. The third-order valence-electron chi connectivity index (χ3n) is 4.34. The molecule has 0 spiro atoms.